The number of allylic oxidation sites excluding steroid dienone is 1. The molecule has 3 nitrogen and oxygen atoms in total. The second-order valence-electron chi connectivity index (χ2n) is 5.12. The van der Waals surface area contributed by atoms with Crippen molar-refractivity contribution in [2.45, 2.75) is 25.5 Å². The van der Waals surface area contributed by atoms with Crippen molar-refractivity contribution in [3.8, 4) is 5.75 Å². The van der Waals surface area contributed by atoms with E-state index in [9.17, 15) is 8.78 Å². The van der Waals surface area contributed by atoms with Gasteiger partial charge in [-0.15, -0.1) is 6.58 Å². The molecule has 1 aliphatic heterocycles. The summed E-state index contributed by atoms with van der Waals surface area (Å²) in [6, 6.07) is 7.26. The van der Waals surface area contributed by atoms with Crippen LogP contribution in [0.4, 0.5) is 8.78 Å². The first-order chi connectivity index (χ1) is 10.2. The molecule has 0 saturated carbocycles. The fraction of sp³-hybridized carbons (Fsp3) is 0.500. The van der Waals surface area contributed by atoms with E-state index in [0.29, 0.717) is 0 Å². The molecular weight excluding hydrogens is 274 g/mol. The van der Waals surface area contributed by atoms with Gasteiger partial charge in [-0.25, -0.2) is 0 Å². The Morgan fingerprint density at radius 2 is 2.10 bits per heavy atom. The topological polar surface area (TPSA) is 24.5 Å². The SMILES string of the molecule is C=CCC[C@H](c1cccc(OC(F)F)c1)N1CCNCC1. The summed E-state index contributed by atoms with van der Waals surface area (Å²) in [7, 11) is 0. The van der Waals surface area contributed by atoms with Gasteiger partial charge in [0.15, 0.2) is 0 Å². The normalized spacial score (nSPS) is 17.7. The summed E-state index contributed by atoms with van der Waals surface area (Å²) in [5.74, 6) is 0.223. The van der Waals surface area contributed by atoms with Crippen LogP contribution in [-0.2, 0) is 0 Å². The molecule has 5 heteroatoms. The predicted molar refractivity (Wildman–Crippen MR) is 79.7 cm³/mol. The van der Waals surface area contributed by atoms with Gasteiger partial charge in [-0.2, -0.15) is 8.78 Å². The second kappa shape index (κ2) is 8.10. The number of halogens is 2. The Bertz CT molecular complexity index is 448. The minimum atomic E-state index is -2.79. The fourth-order valence-corrected chi connectivity index (χ4v) is 2.73. The molecule has 1 heterocycles. The van der Waals surface area contributed by atoms with E-state index in [1.54, 1.807) is 18.2 Å². The third-order valence-electron chi connectivity index (χ3n) is 3.70. The highest BCUT2D eigenvalue weighted by molar-refractivity contribution is 5.31. The fourth-order valence-electron chi connectivity index (χ4n) is 2.73. The van der Waals surface area contributed by atoms with Crippen LogP contribution in [-0.4, -0.2) is 37.7 Å². The lowest BCUT2D eigenvalue weighted by molar-refractivity contribution is -0.0499. The Morgan fingerprint density at radius 1 is 1.33 bits per heavy atom. The lowest BCUT2D eigenvalue weighted by Gasteiger charge is -2.35. The van der Waals surface area contributed by atoms with Gasteiger partial charge in [0.1, 0.15) is 5.75 Å². The number of hydrogen-bond donors (Lipinski definition) is 1. The van der Waals surface area contributed by atoms with E-state index in [4.69, 9.17) is 0 Å². The van der Waals surface area contributed by atoms with Crippen molar-refractivity contribution in [1.82, 2.24) is 10.2 Å². The largest absolute Gasteiger partial charge is 0.435 e. The summed E-state index contributed by atoms with van der Waals surface area (Å²) < 4.78 is 29.2. The first-order valence-corrected chi connectivity index (χ1v) is 7.31. The summed E-state index contributed by atoms with van der Waals surface area (Å²) >= 11 is 0. The molecule has 1 aromatic rings. The molecule has 0 amide bonds. The quantitative estimate of drug-likeness (QED) is 0.782. The van der Waals surface area contributed by atoms with Crippen molar-refractivity contribution in [3.63, 3.8) is 0 Å². The van der Waals surface area contributed by atoms with E-state index in [1.807, 2.05) is 12.1 Å². The molecule has 0 radical (unpaired) electrons. The van der Waals surface area contributed by atoms with E-state index < -0.39 is 6.61 Å². The molecule has 1 saturated heterocycles. The highest BCUT2D eigenvalue weighted by Gasteiger charge is 2.22. The van der Waals surface area contributed by atoms with Crippen LogP contribution in [0.25, 0.3) is 0 Å². The lowest BCUT2D eigenvalue weighted by atomic mass is 9.99. The van der Waals surface area contributed by atoms with Gasteiger partial charge >= 0.3 is 6.61 Å². The Labute approximate surface area is 124 Å². The molecule has 0 spiro atoms. The minimum absolute atomic E-state index is 0.214. The van der Waals surface area contributed by atoms with Crippen LogP contribution in [0.2, 0.25) is 0 Å². The predicted octanol–water partition coefficient (Wildman–Crippen LogP) is 3.20. The van der Waals surface area contributed by atoms with Gasteiger partial charge in [-0.3, -0.25) is 4.90 Å². The van der Waals surface area contributed by atoms with Crippen LogP contribution in [0.5, 0.6) is 5.75 Å². The maximum absolute atomic E-state index is 12.4. The average molecular weight is 296 g/mol. The highest BCUT2D eigenvalue weighted by atomic mass is 19.3. The molecule has 0 aliphatic carbocycles. The first kappa shape index (κ1) is 15.9. The van der Waals surface area contributed by atoms with Crippen molar-refractivity contribution in [2.75, 3.05) is 26.2 Å². The Balaban J connectivity index is 2.16. The van der Waals surface area contributed by atoms with Gasteiger partial charge in [-0.1, -0.05) is 18.2 Å². The van der Waals surface area contributed by atoms with Crippen LogP contribution in [0.3, 0.4) is 0 Å². The molecule has 0 aromatic heterocycles. The number of piperazine rings is 1. The van der Waals surface area contributed by atoms with E-state index in [0.717, 1.165) is 44.6 Å². The highest BCUT2D eigenvalue weighted by Crippen LogP contribution is 2.29. The zero-order chi connectivity index (χ0) is 15.1. The summed E-state index contributed by atoms with van der Waals surface area (Å²) in [4.78, 5) is 2.39. The molecular formula is C16H22F2N2O. The second-order valence-corrected chi connectivity index (χ2v) is 5.12. The van der Waals surface area contributed by atoms with Crippen molar-refractivity contribution in [2.24, 2.45) is 0 Å². The summed E-state index contributed by atoms with van der Waals surface area (Å²) in [5.41, 5.74) is 1.02. The maximum Gasteiger partial charge on any atom is 0.387 e. The monoisotopic (exact) mass is 296 g/mol. The Kier molecular flexibility index (Phi) is 6.14. The molecule has 0 bridgehead atoms. The van der Waals surface area contributed by atoms with Crippen LogP contribution in [0.1, 0.15) is 24.4 Å². The smallest absolute Gasteiger partial charge is 0.387 e. The van der Waals surface area contributed by atoms with E-state index in [1.165, 1.54) is 0 Å². The van der Waals surface area contributed by atoms with Gasteiger partial charge in [0, 0.05) is 32.2 Å². The van der Waals surface area contributed by atoms with Gasteiger partial charge in [0.2, 0.25) is 0 Å². The number of ether oxygens (including phenoxy) is 1. The zero-order valence-electron chi connectivity index (χ0n) is 12.1. The molecule has 2 rings (SSSR count). The molecule has 0 unspecified atom stereocenters. The van der Waals surface area contributed by atoms with Gasteiger partial charge in [0.05, 0.1) is 0 Å². The zero-order valence-corrected chi connectivity index (χ0v) is 12.1. The third kappa shape index (κ3) is 4.79. The average Bonchev–Trinajstić information content (AvgIpc) is 2.48. The number of nitrogens with one attached hydrogen (secondary N) is 1. The summed E-state index contributed by atoms with van der Waals surface area (Å²) in [5, 5.41) is 3.33. The van der Waals surface area contributed by atoms with Gasteiger partial charge < -0.3 is 10.1 Å². The van der Waals surface area contributed by atoms with Crippen LogP contribution in [0.15, 0.2) is 36.9 Å². The Morgan fingerprint density at radius 3 is 2.76 bits per heavy atom. The van der Waals surface area contributed by atoms with E-state index in [2.05, 4.69) is 21.5 Å². The molecule has 116 valence electrons. The molecule has 1 fully saturated rings. The van der Waals surface area contributed by atoms with Crippen LogP contribution < -0.4 is 10.1 Å². The van der Waals surface area contributed by atoms with Gasteiger partial charge in [-0.05, 0) is 30.5 Å². The molecule has 21 heavy (non-hydrogen) atoms. The summed E-state index contributed by atoms with van der Waals surface area (Å²) in [6.07, 6.45) is 3.73. The molecule has 1 aliphatic rings. The number of alkyl halides is 2. The van der Waals surface area contributed by atoms with E-state index in [-0.39, 0.29) is 11.8 Å². The van der Waals surface area contributed by atoms with Crippen LogP contribution >= 0.6 is 0 Å². The number of nitrogens with zero attached hydrogens (tertiary/aromatic N) is 1. The number of hydrogen-bond acceptors (Lipinski definition) is 3. The number of benzene rings is 1. The van der Waals surface area contributed by atoms with Gasteiger partial charge in [0.25, 0.3) is 0 Å². The maximum atomic E-state index is 12.4. The van der Waals surface area contributed by atoms with Crippen molar-refractivity contribution in [1.29, 1.82) is 0 Å². The molecule has 1 N–H and O–H groups in total. The molecule has 1 atom stereocenters. The third-order valence-corrected chi connectivity index (χ3v) is 3.70. The van der Waals surface area contributed by atoms with Crippen molar-refractivity contribution < 1.29 is 13.5 Å². The van der Waals surface area contributed by atoms with Crippen molar-refractivity contribution >= 4 is 0 Å². The number of rotatable bonds is 7. The summed E-state index contributed by atoms with van der Waals surface area (Å²) in [6.45, 7) is 4.82. The van der Waals surface area contributed by atoms with Crippen LogP contribution in [0, 0.1) is 0 Å². The molecule has 1 aromatic carbocycles. The minimum Gasteiger partial charge on any atom is -0.435 e. The van der Waals surface area contributed by atoms with E-state index >= 15 is 0 Å². The first-order valence-electron chi connectivity index (χ1n) is 7.31. The standard InChI is InChI=1S/C16H22F2N2O/c1-2-3-7-15(20-10-8-19-9-11-20)13-5-4-6-14(12-13)21-16(17)18/h2,4-6,12,15-16,19H,1,3,7-11H2/t15-/m1/s1. The Hall–Kier alpha value is -1.46. The van der Waals surface area contributed by atoms with Crippen molar-refractivity contribution in [3.05, 3.63) is 42.5 Å². The lowest BCUT2D eigenvalue weighted by Crippen LogP contribution is -2.45.